The molecule has 16 heteroatoms. The van der Waals surface area contributed by atoms with Crippen LogP contribution in [0.15, 0.2) is 0 Å². The Labute approximate surface area is 285 Å². The molecule has 4 aliphatic rings. The summed E-state index contributed by atoms with van der Waals surface area (Å²) in [5.41, 5.74) is 7.95. The van der Waals surface area contributed by atoms with Gasteiger partial charge in [0.25, 0.3) is 0 Å². The van der Waals surface area contributed by atoms with Crippen LogP contribution in [0.3, 0.4) is 0 Å². The molecule has 1 unspecified atom stereocenters. The van der Waals surface area contributed by atoms with Crippen LogP contribution in [-0.2, 0) is 13.1 Å². The first-order valence-electron chi connectivity index (χ1n) is 15.7. The van der Waals surface area contributed by atoms with E-state index in [-0.39, 0.29) is 42.1 Å². The molecule has 7 rings (SSSR count). The van der Waals surface area contributed by atoms with Crippen molar-refractivity contribution in [3.63, 3.8) is 0 Å². The van der Waals surface area contributed by atoms with E-state index in [1.807, 2.05) is 9.80 Å². The minimum atomic E-state index is -0.906. The molecular weight excluding hydrogens is 666 g/mol. The number of ketones is 1. The number of hydrogen-bond donors (Lipinski definition) is 1. The molecule has 3 atom stereocenters. The van der Waals surface area contributed by atoms with Crippen molar-refractivity contribution in [2.24, 2.45) is 0 Å². The molecule has 0 saturated carbocycles. The summed E-state index contributed by atoms with van der Waals surface area (Å²) in [6.45, 7) is 5.25. The molecule has 47 heavy (non-hydrogen) atoms. The van der Waals surface area contributed by atoms with Crippen LogP contribution in [0.25, 0.3) is 0 Å². The van der Waals surface area contributed by atoms with E-state index in [1.54, 1.807) is 4.68 Å². The summed E-state index contributed by atoms with van der Waals surface area (Å²) in [6, 6.07) is 4.65. The van der Waals surface area contributed by atoms with Gasteiger partial charge in [-0.25, -0.2) is 4.39 Å². The van der Waals surface area contributed by atoms with Crippen LogP contribution < -0.4 is 20.3 Å². The van der Waals surface area contributed by atoms with Crippen molar-refractivity contribution < 1.29 is 13.9 Å². The summed E-state index contributed by atoms with van der Waals surface area (Å²) >= 11 is 14.4. The second-order valence-corrected chi connectivity index (χ2v) is 14.8. The smallest absolute Gasteiger partial charge is 0.320 e. The second-order valence-electron chi connectivity index (χ2n) is 12.7. The number of aryl methyl sites for hydroxylation is 1. The maximum atomic E-state index is 14.5. The monoisotopic (exact) mass is 698 g/mol. The lowest BCUT2D eigenvalue weighted by molar-refractivity contribution is 0.101. The van der Waals surface area contributed by atoms with Crippen LogP contribution in [0.5, 0.6) is 6.01 Å². The Morgan fingerprint density at radius 3 is 2.62 bits per heavy atom. The molecule has 12 nitrogen and oxygen atoms in total. The van der Waals surface area contributed by atoms with Gasteiger partial charge in [0.2, 0.25) is 0 Å². The van der Waals surface area contributed by atoms with E-state index >= 15 is 0 Å². The van der Waals surface area contributed by atoms with Gasteiger partial charge in [-0.3, -0.25) is 14.4 Å². The fourth-order valence-corrected chi connectivity index (χ4v) is 9.33. The zero-order valence-corrected chi connectivity index (χ0v) is 28.1. The summed E-state index contributed by atoms with van der Waals surface area (Å²) in [6.07, 6.45) is 2.63. The zero-order valence-electron chi connectivity index (χ0n) is 25.8. The van der Waals surface area contributed by atoms with Crippen molar-refractivity contribution in [2.75, 3.05) is 54.9 Å². The van der Waals surface area contributed by atoms with Gasteiger partial charge in [0, 0.05) is 57.5 Å². The van der Waals surface area contributed by atoms with E-state index in [2.05, 4.69) is 22.1 Å². The summed E-state index contributed by atoms with van der Waals surface area (Å²) in [7, 11) is 0. The fraction of sp³-hybridized carbons (Fsp3) is 0.548. The summed E-state index contributed by atoms with van der Waals surface area (Å²) in [5, 5.41) is 25.5. The number of alkyl halides is 1. The van der Waals surface area contributed by atoms with Gasteiger partial charge >= 0.3 is 6.01 Å². The predicted octanol–water partition coefficient (Wildman–Crippen LogP) is 4.93. The molecule has 0 aromatic carbocycles. The Morgan fingerprint density at radius 2 is 1.87 bits per heavy atom. The Balaban J connectivity index is 1.26. The first kappa shape index (κ1) is 31.9. The second kappa shape index (κ2) is 12.4. The van der Waals surface area contributed by atoms with E-state index in [0.717, 1.165) is 24.9 Å². The number of nitriles is 2. The molecule has 7 heterocycles. The molecule has 0 bridgehead atoms. The number of ether oxygens (including phenoxy) is 1. The highest BCUT2D eigenvalue weighted by atomic mass is 35.5. The number of aromatic nitrogens is 4. The van der Waals surface area contributed by atoms with Gasteiger partial charge in [-0.2, -0.15) is 25.6 Å². The highest BCUT2D eigenvalue weighted by Gasteiger charge is 2.49. The molecule has 0 amide bonds. The molecule has 4 aliphatic heterocycles. The standard InChI is InChI=1S/C31H33Cl2FN10O2S/c1-17(45)25-24(32)22-15-41(6-3-8-44(22)40-25)28-21(12-36)29(42-9-4-18(13-42)23-20(11-35)27(37)47-26(23)33)39-30(38-28)46-16-31-5-2-7-43(31)14-19(34)10-31/h18-19H,2-10,13-16,37H2,1H3/t18?,19-,31+/m1/s1. The van der Waals surface area contributed by atoms with Crippen LogP contribution >= 0.6 is 34.5 Å². The third-order valence-electron chi connectivity index (χ3n) is 9.89. The van der Waals surface area contributed by atoms with E-state index in [9.17, 15) is 19.7 Å². The third-order valence-corrected chi connectivity index (χ3v) is 11.5. The quantitative estimate of drug-likeness (QED) is 0.334. The van der Waals surface area contributed by atoms with Crippen LogP contribution in [-0.4, -0.2) is 81.5 Å². The van der Waals surface area contributed by atoms with Crippen molar-refractivity contribution in [3.8, 4) is 18.1 Å². The lowest BCUT2D eigenvalue weighted by Crippen LogP contribution is -2.43. The number of halogens is 3. The molecule has 246 valence electrons. The molecule has 3 aromatic rings. The van der Waals surface area contributed by atoms with Crippen LogP contribution in [0.4, 0.5) is 21.0 Å². The first-order chi connectivity index (χ1) is 22.6. The maximum absolute atomic E-state index is 14.5. The molecule has 2 N–H and O–H groups in total. The number of carbonyl (C=O) groups is 1. The topological polar surface area (TPSA) is 153 Å². The van der Waals surface area contributed by atoms with Crippen molar-refractivity contribution >= 4 is 57.0 Å². The van der Waals surface area contributed by atoms with Crippen LogP contribution in [0.1, 0.15) is 77.8 Å². The number of fused-ring (bicyclic) bond motifs is 2. The number of thiophene rings is 1. The molecular formula is C31H33Cl2FN10O2S. The highest BCUT2D eigenvalue weighted by molar-refractivity contribution is 7.20. The molecule has 3 aromatic heterocycles. The number of hydrogen-bond acceptors (Lipinski definition) is 12. The van der Waals surface area contributed by atoms with Gasteiger partial charge in [-0.05, 0) is 32.2 Å². The Kier molecular flexibility index (Phi) is 8.41. The van der Waals surface area contributed by atoms with Crippen LogP contribution in [0.2, 0.25) is 9.36 Å². The number of anilines is 3. The number of carbonyl (C=O) groups excluding carboxylic acids is 1. The van der Waals surface area contributed by atoms with E-state index in [4.69, 9.17) is 43.6 Å². The van der Waals surface area contributed by atoms with Crippen molar-refractivity contribution in [3.05, 3.63) is 37.4 Å². The predicted molar refractivity (Wildman–Crippen MR) is 176 cm³/mol. The zero-order chi connectivity index (χ0) is 33.0. The summed E-state index contributed by atoms with van der Waals surface area (Å²) in [5.74, 6) is 0.481. The Bertz CT molecular complexity index is 1840. The molecule has 3 saturated heterocycles. The molecule has 3 fully saturated rings. The van der Waals surface area contributed by atoms with Crippen molar-refractivity contribution in [1.29, 1.82) is 10.5 Å². The SMILES string of the molecule is CC(=O)c1nn2c(c1Cl)CN(c1nc(OC[C@@]34CCCN3C[C@H](F)C4)nc(N3CCC(c4c(Cl)sc(N)c4C#N)C3)c1C#N)CCC2. The van der Waals surface area contributed by atoms with Crippen molar-refractivity contribution in [2.45, 2.75) is 69.7 Å². The molecule has 0 spiro atoms. The van der Waals surface area contributed by atoms with Crippen molar-refractivity contribution in [1.82, 2.24) is 24.6 Å². The van der Waals surface area contributed by atoms with Gasteiger partial charge in [0.15, 0.2) is 17.4 Å². The third kappa shape index (κ3) is 5.55. The average molecular weight is 700 g/mol. The summed E-state index contributed by atoms with van der Waals surface area (Å²) < 4.78 is 23.1. The number of rotatable bonds is 7. The minimum Gasteiger partial charge on any atom is -0.461 e. The van der Waals surface area contributed by atoms with Crippen LogP contribution in [0, 0.1) is 22.7 Å². The average Bonchev–Trinajstić information content (AvgIpc) is 3.82. The summed E-state index contributed by atoms with van der Waals surface area (Å²) in [4.78, 5) is 28.0. The van der Waals surface area contributed by atoms with Gasteiger partial charge in [-0.15, -0.1) is 11.3 Å². The molecule has 0 radical (unpaired) electrons. The van der Waals surface area contributed by atoms with Gasteiger partial charge in [-0.1, -0.05) is 23.2 Å². The molecule has 0 aliphatic carbocycles. The van der Waals surface area contributed by atoms with Gasteiger partial charge in [0.05, 0.1) is 32.7 Å². The van der Waals surface area contributed by atoms with E-state index in [0.29, 0.717) is 89.2 Å². The highest BCUT2D eigenvalue weighted by Crippen LogP contribution is 2.45. The maximum Gasteiger partial charge on any atom is 0.320 e. The lowest BCUT2D eigenvalue weighted by atomic mass is 9.95. The number of nitrogens with zero attached hydrogens (tertiary/aromatic N) is 9. The van der Waals surface area contributed by atoms with E-state index < -0.39 is 11.7 Å². The number of nitrogens with two attached hydrogens (primary N) is 1. The largest absolute Gasteiger partial charge is 0.461 e. The number of nitrogen functional groups attached to an aromatic ring is 1. The first-order valence-corrected chi connectivity index (χ1v) is 17.3. The van der Waals surface area contributed by atoms with Gasteiger partial charge in [0.1, 0.15) is 41.2 Å². The normalized spacial score (nSPS) is 24.1. The Morgan fingerprint density at radius 1 is 1.11 bits per heavy atom. The van der Waals surface area contributed by atoms with Gasteiger partial charge < -0.3 is 20.3 Å². The van der Waals surface area contributed by atoms with E-state index in [1.165, 1.54) is 18.3 Å². The number of Topliss-reactive ketones (excluding diaryl/α,β-unsaturated/α-hetero) is 1. The lowest BCUT2D eigenvalue weighted by Gasteiger charge is -2.31. The Hall–Kier alpha value is -3.69. The minimum absolute atomic E-state index is 0.0951. The fourth-order valence-electron chi connectivity index (χ4n) is 7.68.